The van der Waals surface area contributed by atoms with Crippen molar-refractivity contribution in [2.75, 3.05) is 19.8 Å². The minimum Gasteiger partial charge on any atom is -0.394 e. The Hall–Kier alpha value is -0.320. The maximum absolute atomic E-state index is 9.52. The Bertz CT molecular complexity index is 223. The zero-order valence-electron chi connectivity index (χ0n) is 9.09. The summed E-state index contributed by atoms with van der Waals surface area (Å²) < 4.78 is 9.93. The van der Waals surface area contributed by atoms with Crippen LogP contribution >= 0.6 is 0 Å². The Balaban J connectivity index is 2.53. The summed E-state index contributed by atoms with van der Waals surface area (Å²) >= 11 is 0. The van der Waals surface area contributed by atoms with Crippen molar-refractivity contribution >= 4 is 0 Å². The van der Waals surface area contributed by atoms with E-state index in [1.807, 2.05) is 0 Å². The van der Waals surface area contributed by atoms with Crippen molar-refractivity contribution in [3.05, 3.63) is 0 Å². The summed E-state index contributed by atoms with van der Waals surface area (Å²) in [7, 11) is 0. The van der Waals surface area contributed by atoms with Gasteiger partial charge in [-0.05, 0) is 0 Å². The molecule has 0 saturated carbocycles. The highest BCUT2D eigenvalue weighted by molar-refractivity contribution is 4.88. The lowest BCUT2D eigenvalue weighted by Gasteiger charge is -2.39. The molecule has 1 heterocycles. The molecule has 0 aromatic carbocycles. The minimum atomic E-state index is -1.52. The Morgan fingerprint density at radius 1 is 1.06 bits per heavy atom. The Morgan fingerprint density at radius 3 is 2.24 bits per heavy atom. The molecule has 0 aromatic rings. The predicted octanol–water partition coefficient (Wildman–Crippen LogP) is -3.84. The summed E-state index contributed by atoms with van der Waals surface area (Å²) in [6, 6.07) is 0. The molecule has 6 atom stereocenters. The molecule has 1 rings (SSSR count). The van der Waals surface area contributed by atoms with Crippen molar-refractivity contribution in [2.45, 2.75) is 36.8 Å². The van der Waals surface area contributed by atoms with E-state index >= 15 is 0 Å². The third-order valence-corrected chi connectivity index (χ3v) is 2.51. The molecular formula is C9H18O8. The highest BCUT2D eigenvalue weighted by Gasteiger charge is 2.44. The second-order valence-corrected chi connectivity index (χ2v) is 3.87. The first kappa shape index (κ1) is 14.7. The van der Waals surface area contributed by atoms with Crippen molar-refractivity contribution in [1.29, 1.82) is 0 Å². The van der Waals surface area contributed by atoms with E-state index in [1.54, 1.807) is 0 Å². The summed E-state index contributed by atoms with van der Waals surface area (Å²) in [4.78, 5) is 0. The van der Waals surface area contributed by atoms with Gasteiger partial charge in [0.2, 0.25) is 0 Å². The van der Waals surface area contributed by atoms with Crippen LogP contribution in [0.1, 0.15) is 0 Å². The predicted molar refractivity (Wildman–Crippen MR) is 52.8 cm³/mol. The van der Waals surface area contributed by atoms with Gasteiger partial charge in [0.15, 0.2) is 6.29 Å². The van der Waals surface area contributed by atoms with Gasteiger partial charge in [-0.2, -0.15) is 0 Å². The van der Waals surface area contributed by atoms with E-state index in [4.69, 9.17) is 24.8 Å². The topological polar surface area (TPSA) is 140 Å². The molecule has 1 fully saturated rings. The maximum Gasteiger partial charge on any atom is 0.186 e. The molecule has 8 heteroatoms. The lowest BCUT2D eigenvalue weighted by atomic mass is 9.99. The molecule has 0 bridgehead atoms. The maximum atomic E-state index is 9.52. The molecule has 0 radical (unpaired) electrons. The van der Waals surface area contributed by atoms with Gasteiger partial charge in [-0.15, -0.1) is 0 Å². The molecule has 8 nitrogen and oxygen atoms in total. The fourth-order valence-electron chi connectivity index (χ4n) is 1.46. The van der Waals surface area contributed by atoms with E-state index in [2.05, 4.69) is 0 Å². The van der Waals surface area contributed by atoms with E-state index in [-0.39, 0.29) is 6.61 Å². The molecule has 0 aliphatic carbocycles. The van der Waals surface area contributed by atoms with Crippen molar-refractivity contribution in [2.24, 2.45) is 0 Å². The van der Waals surface area contributed by atoms with Gasteiger partial charge in [-0.3, -0.25) is 0 Å². The second kappa shape index (κ2) is 6.57. The second-order valence-electron chi connectivity index (χ2n) is 3.87. The average molecular weight is 254 g/mol. The molecular weight excluding hydrogens is 236 g/mol. The van der Waals surface area contributed by atoms with Gasteiger partial charge in [-0.25, -0.2) is 0 Å². The first-order valence-electron chi connectivity index (χ1n) is 5.22. The average Bonchev–Trinajstić information content (AvgIpc) is 2.34. The van der Waals surface area contributed by atoms with Gasteiger partial charge in [0, 0.05) is 0 Å². The van der Waals surface area contributed by atoms with Crippen LogP contribution < -0.4 is 0 Å². The third kappa shape index (κ3) is 3.57. The number of rotatable bonds is 5. The summed E-state index contributed by atoms with van der Waals surface area (Å²) in [6.07, 6.45) is -7.94. The fraction of sp³-hybridized carbons (Fsp3) is 1.00. The standard InChI is InChI=1S/C9H18O8/c10-1-4(12)3-16-9-8(15)7(14)6(13)5(2-11)17-9/h4-15H,1-3H2/t4-,5+,6-,7-,8+,9?/m0/s1. The highest BCUT2D eigenvalue weighted by atomic mass is 16.7. The van der Waals surface area contributed by atoms with Gasteiger partial charge >= 0.3 is 0 Å². The first-order chi connectivity index (χ1) is 8.01. The van der Waals surface area contributed by atoms with Crippen molar-refractivity contribution in [1.82, 2.24) is 0 Å². The summed E-state index contributed by atoms with van der Waals surface area (Å²) in [5, 5.41) is 54.9. The Morgan fingerprint density at radius 2 is 1.71 bits per heavy atom. The van der Waals surface area contributed by atoms with Crippen LogP contribution in [0.25, 0.3) is 0 Å². The highest BCUT2D eigenvalue weighted by Crippen LogP contribution is 2.21. The molecule has 102 valence electrons. The third-order valence-electron chi connectivity index (χ3n) is 2.51. The van der Waals surface area contributed by atoms with Gasteiger partial charge in [0.05, 0.1) is 19.8 Å². The lowest BCUT2D eigenvalue weighted by Crippen LogP contribution is -2.59. The van der Waals surface area contributed by atoms with E-state index in [0.29, 0.717) is 0 Å². The number of hydrogen-bond acceptors (Lipinski definition) is 8. The molecule has 6 N–H and O–H groups in total. The van der Waals surface area contributed by atoms with Gasteiger partial charge in [0.1, 0.15) is 30.5 Å². The van der Waals surface area contributed by atoms with Crippen LogP contribution in [0.5, 0.6) is 0 Å². The van der Waals surface area contributed by atoms with Gasteiger partial charge in [-0.1, -0.05) is 0 Å². The molecule has 1 aliphatic heterocycles. The zero-order valence-corrected chi connectivity index (χ0v) is 9.09. The monoisotopic (exact) mass is 254 g/mol. The molecule has 0 spiro atoms. The number of aliphatic hydroxyl groups is 6. The molecule has 0 amide bonds. The van der Waals surface area contributed by atoms with Crippen LogP contribution in [-0.4, -0.2) is 87.3 Å². The normalized spacial score (nSPS) is 40.2. The van der Waals surface area contributed by atoms with Crippen LogP contribution in [0, 0.1) is 0 Å². The SMILES string of the molecule is OC[C@H](O)COC1O[C@H](CO)[C@H](O)[C@H](O)[C@H]1O. The molecule has 1 unspecified atom stereocenters. The Labute approximate surface area is 97.6 Å². The molecule has 1 saturated heterocycles. The lowest BCUT2D eigenvalue weighted by molar-refractivity contribution is -0.304. The number of hydrogen-bond donors (Lipinski definition) is 6. The largest absolute Gasteiger partial charge is 0.394 e. The van der Waals surface area contributed by atoms with E-state index in [1.165, 1.54) is 0 Å². The van der Waals surface area contributed by atoms with E-state index in [9.17, 15) is 15.3 Å². The molecule has 1 aliphatic rings. The van der Waals surface area contributed by atoms with Crippen LogP contribution in [-0.2, 0) is 9.47 Å². The van der Waals surface area contributed by atoms with Crippen molar-refractivity contribution in [3.8, 4) is 0 Å². The summed E-state index contributed by atoms with van der Waals surface area (Å²) in [5.74, 6) is 0. The van der Waals surface area contributed by atoms with Crippen LogP contribution in [0.3, 0.4) is 0 Å². The molecule has 17 heavy (non-hydrogen) atoms. The fourth-order valence-corrected chi connectivity index (χ4v) is 1.46. The number of aliphatic hydroxyl groups excluding tert-OH is 6. The smallest absolute Gasteiger partial charge is 0.186 e. The van der Waals surface area contributed by atoms with Gasteiger partial charge < -0.3 is 40.1 Å². The quantitative estimate of drug-likeness (QED) is 0.293. The zero-order chi connectivity index (χ0) is 13.0. The summed E-state index contributed by atoms with van der Waals surface area (Å²) in [6.45, 7) is -1.37. The Kier molecular flexibility index (Phi) is 5.70. The van der Waals surface area contributed by atoms with Gasteiger partial charge in [0.25, 0.3) is 0 Å². The van der Waals surface area contributed by atoms with Crippen molar-refractivity contribution < 1.29 is 40.1 Å². The van der Waals surface area contributed by atoms with E-state index < -0.39 is 50.0 Å². The minimum absolute atomic E-state index is 0.306. The first-order valence-corrected chi connectivity index (χ1v) is 5.22. The molecule has 0 aromatic heterocycles. The summed E-state index contributed by atoms with van der Waals surface area (Å²) in [5.41, 5.74) is 0. The van der Waals surface area contributed by atoms with Crippen LogP contribution in [0.4, 0.5) is 0 Å². The number of ether oxygens (including phenoxy) is 2. The van der Waals surface area contributed by atoms with Crippen molar-refractivity contribution in [3.63, 3.8) is 0 Å². The van der Waals surface area contributed by atoms with Crippen LogP contribution in [0.2, 0.25) is 0 Å². The van der Waals surface area contributed by atoms with Crippen LogP contribution in [0.15, 0.2) is 0 Å². The van der Waals surface area contributed by atoms with E-state index in [0.717, 1.165) is 0 Å².